The molecule has 1 heterocycles. The number of rotatable bonds is 6. The molecule has 0 radical (unpaired) electrons. The van der Waals surface area contributed by atoms with E-state index in [2.05, 4.69) is 32.2 Å². The SMILES string of the molecule is NCCC(=O)NCC1CCCCN1Cc1cc(Br)ccc1Cl. The van der Waals surface area contributed by atoms with Crippen LogP contribution >= 0.6 is 27.5 Å². The number of carbonyl (C=O) groups is 1. The van der Waals surface area contributed by atoms with Crippen molar-refractivity contribution >= 4 is 33.4 Å². The predicted octanol–water partition coefficient (Wildman–Crippen LogP) is 2.92. The fourth-order valence-electron chi connectivity index (χ4n) is 2.83. The molecule has 1 aliphatic heterocycles. The highest BCUT2D eigenvalue weighted by atomic mass is 79.9. The van der Waals surface area contributed by atoms with Crippen LogP contribution in [0.25, 0.3) is 0 Å². The molecule has 0 bridgehead atoms. The number of hydrogen-bond acceptors (Lipinski definition) is 3. The van der Waals surface area contributed by atoms with Gasteiger partial charge in [0.05, 0.1) is 0 Å². The zero-order valence-electron chi connectivity index (χ0n) is 12.7. The Morgan fingerprint density at radius 1 is 1.45 bits per heavy atom. The van der Waals surface area contributed by atoms with Crippen LogP contribution in [-0.4, -0.2) is 36.5 Å². The molecule has 1 fully saturated rings. The summed E-state index contributed by atoms with van der Waals surface area (Å²) in [6, 6.07) is 6.31. The summed E-state index contributed by atoms with van der Waals surface area (Å²) < 4.78 is 1.04. The lowest BCUT2D eigenvalue weighted by Gasteiger charge is -2.36. The maximum Gasteiger partial charge on any atom is 0.221 e. The lowest BCUT2D eigenvalue weighted by atomic mass is 10.0. The fourth-order valence-corrected chi connectivity index (χ4v) is 3.42. The highest BCUT2D eigenvalue weighted by Gasteiger charge is 2.23. The van der Waals surface area contributed by atoms with Crippen molar-refractivity contribution < 1.29 is 4.79 Å². The Bertz CT molecular complexity index is 512. The van der Waals surface area contributed by atoms with Crippen molar-refractivity contribution in [3.63, 3.8) is 0 Å². The number of hydrogen-bond donors (Lipinski definition) is 2. The van der Waals surface area contributed by atoms with Crippen LogP contribution in [-0.2, 0) is 11.3 Å². The Morgan fingerprint density at radius 3 is 3.05 bits per heavy atom. The van der Waals surface area contributed by atoms with E-state index in [1.165, 1.54) is 12.8 Å². The highest BCUT2D eigenvalue weighted by molar-refractivity contribution is 9.10. The zero-order chi connectivity index (χ0) is 15.9. The van der Waals surface area contributed by atoms with Gasteiger partial charge in [0.25, 0.3) is 0 Å². The molecule has 0 spiro atoms. The molecule has 0 aliphatic carbocycles. The first kappa shape index (κ1) is 17.7. The minimum atomic E-state index is 0.0357. The lowest BCUT2D eigenvalue weighted by molar-refractivity contribution is -0.121. The van der Waals surface area contributed by atoms with Crippen molar-refractivity contribution in [2.45, 2.75) is 38.3 Å². The lowest BCUT2D eigenvalue weighted by Crippen LogP contribution is -2.46. The second kappa shape index (κ2) is 8.87. The monoisotopic (exact) mass is 387 g/mol. The normalized spacial score (nSPS) is 19.1. The van der Waals surface area contributed by atoms with Crippen molar-refractivity contribution in [2.24, 2.45) is 5.73 Å². The van der Waals surface area contributed by atoms with Crippen LogP contribution in [0.1, 0.15) is 31.2 Å². The van der Waals surface area contributed by atoms with Gasteiger partial charge >= 0.3 is 0 Å². The van der Waals surface area contributed by atoms with E-state index < -0.39 is 0 Å². The van der Waals surface area contributed by atoms with E-state index >= 15 is 0 Å². The van der Waals surface area contributed by atoms with Gasteiger partial charge < -0.3 is 11.1 Å². The Labute approximate surface area is 145 Å². The van der Waals surface area contributed by atoms with Crippen LogP contribution in [0.3, 0.4) is 0 Å². The fraction of sp³-hybridized carbons (Fsp3) is 0.562. The van der Waals surface area contributed by atoms with Crippen molar-refractivity contribution in [1.82, 2.24) is 10.2 Å². The summed E-state index contributed by atoms with van der Waals surface area (Å²) in [6.45, 7) is 2.94. The number of carbonyl (C=O) groups excluding carboxylic acids is 1. The first-order valence-electron chi connectivity index (χ1n) is 7.75. The minimum absolute atomic E-state index is 0.0357. The minimum Gasteiger partial charge on any atom is -0.354 e. The van der Waals surface area contributed by atoms with Crippen molar-refractivity contribution in [3.05, 3.63) is 33.3 Å². The number of likely N-dealkylation sites (tertiary alicyclic amines) is 1. The molecule has 1 amide bonds. The van der Waals surface area contributed by atoms with Gasteiger partial charge in [0.15, 0.2) is 0 Å². The molecule has 1 aliphatic rings. The van der Waals surface area contributed by atoms with E-state index in [0.717, 1.165) is 34.6 Å². The molecule has 122 valence electrons. The Hall–Kier alpha value is -0.620. The largest absolute Gasteiger partial charge is 0.354 e. The van der Waals surface area contributed by atoms with Crippen molar-refractivity contribution in [1.29, 1.82) is 0 Å². The van der Waals surface area contributed by atoms with E-state index in [-0.39, 0.29) is 5.91 Å². The van der Waals surface area contributed by atoms with E-state index in [1.54, 1.807) is 0 Å². The molecular weight excluding hydrogens is 366 g/mol. The van der Waals surface area contributed by atoms with Crippen LogP contribution in [0.15, 0.2) is 22.7 Å². The average molecular weight is 389 g/mol. The van der Waals surface area contributed by atoms with Crippen LogP contribution < -0.4 is 11.1 Å². The Morgan fingerprint density at radius 2 is 2.27 bits per heavy atom. The number of nitrogens with one attached hydrogen (secondary N) is 1. The molecule has 1 aromatic carbocycles. The van der Waals surface area contributed by atoms with Gasteiger partial charge in [-0.25, -0.2) is 0 Å². The van der Waals surface area contributed by atoms with Crippen LogP contribution in [0.2, 0.25) is 5.02 Å². The topological polar surface area (TPSA) is 58.4 Å². The molecule has 3 N–H and O–H groups in total. The average Bonchev–Trinajstić information content (AvgIpc) is 2.50. The standard InChI is InChI=1S/C16H23BrClN3O/c17-13-4-5-15(18)12(9-13)11-21-8-2-1-3-14(21)10-20-16(22)6-7-19/h4-5,9,14H,1-3,6-8,10-11,19H2,(H,20,22). The third-order valence-corrected chi connectivity index (χ3v) is 4.90. The van der Waals surface area contributed by atoms with Crippen molar-refractivity contribution in [2.75, 3.05) is 19.6 Å². The summed E-state index contributed by atoms with van der Waals surface area (Å²) in [5.74, 6) is 0.0357. The summed E-state index contributed by atoms with van der Waals surface area (Å²) in [7, 11) is 0. The van der Waals surface area contributed by atoms with Gasteiger partial charge in [0, 0.05) is 41.6 Å². The van der Waals surface area contributed by atoms with E-state index in [4.69, 9.17) is 17.3 Å². The van der Waals surface area contributed by atoms with Crippen LogP contribution in [0, 0.1) is 0 Å². The third-order valence-electron chi connectivity index (χ3n) is 4.04. The maximum atomic E-state index is 11.6. The summed E-state index contributed by atoms with van der Waals surface area (Å²) >= 11 is 9.80. The van der Waals surface area contributed by atoms with Crippen LogP contribution in [0.5, 0.6) is 0 Å². The molecule has 1 aromatic rings. The Balaban J connectivity index is 1.97. The molecule has 1 saturated heterocycles. The maximum absolute atomic E-state index is 11.6. The molecule has 6 heteroatoms. The molecule has 0 aromatic heterocycles. The summed E-state index contributed by atoms with van der Waals surface area (Å²) in [6.07, 6.45) is 3.90. The van der Waals surface area contributed by atoms with Gasteiger partial charge in [-0.2, -0.15) is 0 Å². The number of nitrogens with two attached hydrogens (primary N) is 1. The molecule has 0 saturated carbocycles. The number of amides is 1. The molecule has 2 rings (SSSR count). The number of benzene rings is 1. The number of piperidine rings is 1. The van der Waals surface area contributed by atoms with E-state index in [9.17, 15) is 4.79 Å². The molecule has 22 heavy (non-hydrogen) atoms. The molecule has 4 nitrogen and oxygen atoms in total. The molecular formula is C16H23BrClN3O. The van der Waals surface area contributed by atoms with E-state index in [0.29, 0.717) is 25.6 Å². The summed E-state index contributed by atoms with van der Waals surface area (Å²) in [5, 5.41) is 3.78. The predicted molar refractivity (Wildman–Crippen MR) is 93.9 cm³/mol. The summed E-state index contributed by atoms with van der Waals surface area (Å²) in [4.78, 5) is 14.0. The second-order valence-electron chi connectivity index (χ2n) is 5.70. The molecule has 1 unspecified atom stereocenters. The molecule has 1 atom stereocenters. The van der Waals surface area contributed by atoms with Gasteiger partial charge in [-0.15, -0.1) is 0 Å². The first-order valence-corrected chi connectivity index (χ1v) is 8.92. The smallest absolute Gasteiger partial charge is 0.221 e. The van der Waals surface area contributed by atoms with E-state index in [1.807, 2.05) is 12.1 Å². The quantitative estimate of drug-likeness (QED) is 0.788. The third kappa shape index (κ3) is 5.23. The first-order chi connectivity index (χ1) is 10.6. The second-order valence-corrected chi connectivity index (χ2v) is 7.02. The van der Waals surface area contributed by atoms with Gasteiger partial charge in [-0.1, -0.05) is 34.0 Å². The van der Waals surface area contributed by atoms with Gasteiger partial charge in [-0.05, 0) is 43.1 Å². The van der Waals surface area contributed by atoms with Crippen LogP contribution in [0.4, 0.5) is 0 Å². The zero-order valence-corrected chi connectivity index (χ0v) is 15.0. The highest BCUT2D eigenvalue weighted by Crippen LogP contribution is 2.25. The van der Waals surface area contributed by atoms with Gasteiger partial charge in [-0.3, -0.25) is 9.69 Å². The van der Waals surface area contributed by atoms with Gasteiger partial charge in [0.2, 0.25) is 5.91 Å². The van der Waals surface area contributed by atoms with Gasteiger partial charge in [0.1, 0.15) is 0 Å². The number of halogens is 2. The van der Waals surface area contributed by atoms with Crippen molar-refractivity contribution in [3.8, 4) is 0 Å². The number of nitrogens with zero attached hydrogens (tertiary/aromatic N) is 1. The summed E-state index contributed by atoms with van der Waals surface area (Å²) in [5.41, 5.74) is 6.53. The Kier molecular flexibility index (Phi) is 7.15.